The van der Waals surface area contributed by atoms with Crippen LogP contribution in [0.15, 0.2) is 35.5 Å². The van der Waals surface area contributed by atoms with Crippen molar-refractivity contribution in [3.8, 4) is 0 Å². The topological polar surface area (TPSA) is 47.9 Å². The van der Waals surface area contributed by atoms with Crippen LogP contribution in [-0.4, -0.2) is 24.4 Å². The Balaban J connectivity index is 1.99. The van der Waals surface area contributed by atoms with Crippen LogP contribution in [0, 0.1) is 17.8 Å². The summed E-state index contributed by atoms with van der Waals surface area (Å²) >= 11 is 0. The number of fused-ring (bicyclic) bond motifs is 1. The molecule has 1 fully saturated rings. The number of carbonyl (C=O) groups excluding carboxylic acids is 1. The minimum atomic E-state index is -0.917. The van der Waals surface area contributed by atoms with Gasteiger partial charge in [0.25, 0.3) is 0 Å². The van der Waals surface area contributed by atoms with Crippen LogP contribution in [-0.2, 0) is 14.4 Å². The maximum absolute atomic E-state index is 12.1. The molecule has 0 radical (unpaired) electrons. The number of methoxy groups -OCH3 is 1. The van der Waals surface area contributed by atoms with Crippen molar-refractivity contribution in [3.63, 3.8) is 0 Å². The first-order valence-electron chi connectivity index (χ1n) is 6.52. The molecule has 0 bridgehead atoms. The molecule has 0 amide bonds. The summed E-state index contributed by atoms with van der Waals surface area (Å²) in [6.07, 6.45) is 0. The highest BCUT2D eigenvalue weighted by atomic mass is 16.7. The third-order valence-electron chi connectivity index (χ3n) is 4.62. The second kappa shape index (κ2) is 4.08. The fourth-order valence-corrected chi connectivity index (χ4v) is 3.36. The molecular formula is C15H17NO3. The molecule has 19 heavy (non-hydrogen) atoms. The van der Waals surface area contributed by atoms with Gasteiger partial charge in [-0.25, -0.2) is 4.79 Å². The average molecular weight is 259 g/mol. The van der Waals surface area contributed by atoms with Gasteiger partial charge in [0.2, 0.25) is 5.60 Å². The lowest BCUT2D eigenvalue weighted by molar-refractivity contribution is -0.210. The highest BCUT2D eigenvalue weighted by Gasteiger charge is 2.71. The van der Waals surface area contributed by atoms with Gasteiger partial charge in [-0.2, -0.15) is 0 Å². The highest BCUT2D eigenvalue weighted by Crippen LogP contribution is 2.56. The van der Waals surface area contributed by atoms with E-state index in [-0.39, 0.29) is 17.8 Å². The summed E-state index contributed by atoms with van der Waals surface area (Å²) in [5.74, 6) is 0.116. The van der Waals surface area contributed by atoms with E-state index >= 15 is 0 Å². The van der Waals surface area contributed by atoms with Gasteiger partial charge in [-0.1, -0.05) is 49.3 Å². The molecule has 4 nitrogen and oxygen atoms in total. The minimum Gasteiger partial charge on any atom is -0.466 e. The molecule has 0 unspecified atom stereocenters. The highest BCUT2D eigenvalue weighted by molar-refractivity contribution is 6.08. The van der Waals surface area contributed by atoms with Crippen LogP contribution in [0.5, 0.6) is 0 Å². The average Bonchev–Trinajstić information content (AvgIpc) is 2.84. The number of benzene rings is 1. The molecule has 0 saturated heterocycles. The van der Waals surface area contributed by atoms with Crippen LogP contribution in [0.3, 0.4) is 0 Å². The van der Waals surface area contributed by atoms with Gasteiger partial charge in [0, 0.05) is 5.92 Å². The number of rotatable bonds is 2. The number of ether oxygens (including phenoxy) is 1. The standard InChI is InChI=1S/C15H17NO3/c1-9-10(2)15(14(17)18-3)12(9)13(16-19-15)11-7-5-4-6-8-11/h4-10,12H,1-3H3/t9-,10+,12+,15+/m0/s1. The van der Waals surface area contributed by atoms with Crippen molar-refractivity contribution < 1.29 is 14.4 Å². The van der Waals surface area contributed by atoms with Gasteiger partial charge in [-0.15, -0.1) is 0 Å². The maximum atomic E-state index is 12.1. The Hall–Kier alpha value is -1.84. The van der Waals surface area contributed by atoms with Gasteiger partial charge >= 0.3 is 5.97 Å². The molecule has 1 aliphatic carbocycles. The first-order valence-corrected chi connectivity index (χ1v) is 6.52. The van der Waals surface area contributed by atoms with E-state index in [1.807, 2.05) is 37.3 Å². The van der Waals surface area contributed by atoms with Gasteiger partial charge in [0.1, 0.15) is 0 Å². The fourth-order valence-electron chi connectivity index (χ4n) is 3.36. The van der Waals surface area contributed by atoms with E-state index in [4.69, 9.17) is 9.57 Å². The van der Waals surface area contributed by atoms with Crippen LogP contribution >= 0.6 is 0 Å². The molecule has 100 valence electrons. The quantitative estimate of drug-likeness (QED) is 0.765. The third kappa shape index (κ3) is 1.40. The van der Waals surface area contributed by atoms with Gasteiger partial charge in [-0.3, -0.25) is 0 Å². The van der Waals surface area contributed by atoms with Crippen LogP contribution < -0.4 is 0 Å². The summed E-state index contributed by atoms with van der Waals surface area (Å²) in [5, 5.41) is 4.19. The Labute approximate surface area is 112 Å². The Morgan fingerprint density at radius 3 is 2.63 bits per heavy atom. The molecule has 1 aliphatic heterocycles. The first-order chi connectivity index (χ1) is 9.13. The smallest absolute Gasteiger partial charge is 0.354 e. The van der Waals surface area contributed by atoms with E-state index in [1.165, 1.54) is 7.11 Å². The summed E-state index contributed by atoms with van der Waals surface area (Å²) in [7, 11) is 1.40. The molecule has 4 atom stereocenters. The largest absolute Gasteiger partial charge is 0.466 e. The van der Waals surface area contributed by atoms with Crippen LogP contribution in [0.2, 0.25) is 0 Å². The zero-order chi connectivity index (χ0) is 13.6. The molecule has 2 aliphatic rings. The van der Waals surface area contributed by atoms with Crippen molar-refractivity contribution >= 4 is 11.7 Å². The maximum Gasteiger partial charge on any atom is 0.354 e. The predicted octanol–water partition coefficient (Wildman–Crippen LogP) is 2.23. The normalized spacial score (nSPS) is 35.7. The zero-order valence-electron chi connectivity index (χ0n) is 11.3. The van der Waals surface area contributed by atoms with Crippen molar-refractivity contribution in [3.05, 3.63) is 35.9 Å². The number of esters is 1. The summed E-state index contributed by atoms with van der Waals surface area (Å²) in [4.78, 5) is 17.7. The van der Waals surface area contributed by atoms with E-state index < -0.39 is 5.60 Å². The van der Waals surface area contributed by atoms with E-state index in [1.54, 1.807) is 0 Å². The Bertz CT molecular complexity index is 540. The zero-order valence-corrected chi connectivity index (χ0v) is 11.3. The second-order valence-electron chi connectivity index (χ2n) is 5.34. The molecule has 1 aromatic rings. The number of hydrogen-bond acceptors (Lipinski definition) is 4. The molecule has 0 spiro atoms. The fraction of sp³-hybridized carbons (Fsp3) is 0.467. The molecule has 4 heteroatoms. The van der Waals surface area contributed by atoms with Crippen molar-refractivity contribution in [1.82, 2.24) is 0 Å². The second-order valence-corrected chi connectivity index (χ2v) is 5.34. The van der Waals surface area contributed by atoms with Gasteiger partial charge in [0.05, 0.1) is 18.7 Å². The lowest BCUT2D eigenvalue weighted by Crippen LogP contribution is -2.66. The van der Waals surface area contributed by atoms with E-state index in [2.05, 4.69) is 12.1 Å². The molecule has 0 aromatic heterocycles. The summed E-state index contributed by atoms with van der Waals surface area (Å²) in [5.41, 5.74) is 0.952. The lowest BCUT2D eigenvalue weighted by atomic mass is 9.53. The van der Waals surface area contributed by atoms with Crippen molar-refractivity contribution in [2.45, 2.75) is 19.4 Å². The summed E-state index contributed by atoms with van der Waals surface area (Å²) in [6, 6.07) is 9.86. The van der Waals surface area contributed by atoms with E-state index in [9.17, 15) is 4.79 Å². The van der Waals surface area contributed by atoms with Crippen LogP contribution in [0.25, 0.3) is 0 Å². The number of hydrogen-bond donors (Lipinski definition) is 0. The van der Waals surface area contributed by atoms with Crippen LogP contribution in [0.1, 0.15) is 19.4 Å². The lowest BCUT2D eigenvalue weighted by Gasteiger charge is -2.50. The Kier molecular flexibility index (Phi) is 2.62. The molecule has 1 heterocycles. The van der Waals surface area contributed by atoms with Crippen LogP contribution in [0.4, 0.5) is 0 Å². The van der Waals surface area contributed by atoms with E-state index in [0.29, 0.717) is 5.92 Å². The number of carbonyl (C=O) groups is 1. The van der Waals surface area contributed by atoms with Gasteiger partial charge < -0.3 is 9.57 Å². The van der Waals surface area contributed by atoms with Gasteiger partial charge in [-0.05, 0) is 11.5 Å². The summed E-state index contributed by atoms with van der Waals surface area (Å²) in [6.45, 7) is 4.14. The Morgan fingerprint density at radius 1 is 1.32 bits per heavy atom. The van der Waals surface area contributed by atoms with Crippen molar-refractivity contribution in [1.29, 1.82) is 0 Å². The van der Waals surface area contributed by atoms with Crippen molar-refractivity contribution in [2.75, 3.05) is 7.11 Å². The third-order valence-corrected chi connectivity index (χ3v) is 4.62. The SMILES string of the molecule is COC(=O)[C@]12ON=C(c3ccccc3)[C@H]1[C@@H](C)[C@H]2C. The predicted molar refractivity (Wildman–Crippen MR) is 70.6 cm³/mol. The number of nitrogens with zero attached hydrogens (tertiary/aromatic N) is 1. The van der Waals surface area contributed by atoms with E-state index in [0.717, 1.165) is 11.3 Å². The van der Waals surface area contributed by atoms with Crippen molar-refractivity contribution in [2.24, 2.45) is 22.9 Å². The first kappa shape index (κ1) is 12.2. The molecule has 3 rings (SSSR count). The van der Waals surface area contributed by atoms with Gasteiger partial charge in [0.15, 0.2) is 0 Å². The molecular weight excluding hydrogens is 242 g/mol. The molecule has 1 aromatic carbocycles. The monoisotopic (exact) mass is 259 g/mol. The molecule has 1 saturated carbocycles. The minimum absolute atomic E-state index is 0.0163. The molecule has 0 N–H and O–H groups in total. The summed E-state index contributed by atoms with van der Waals surface area (Å²) < 4.78 is 4.92. The number of oxime groups is 1. The Morgan fingerprint density at radius 2 is 2.00 bits per heavy atom.